The van der Waals surface area contributed by atoms with Crippen molar-refractivity contribution in [2.45, 2.75) is 34.1 Å². The molecule has 1 saturated heterocycles. The zero-order valence-electron chi connectivity index (χ0n) is 12.2. The average molecular weight is 299 g/mol. The summed E-state index contributed by atoms with van der Waals surface area (Å²) in [5, 5.41) is 11.3. The summed E-state index contributed by atoms with van der Waals surface area (Å²) in [6.45, 7) is 9.68. The van der Waals surface area contributed by atoms with E-state index in [1.165, 1.54) is 0 Å². The number of hydrogen-bond donors (Lipinski definition) is 0. The molecule has 0 saturated carbocycles. The second-order valence-electron chi connectivity index (χ2n) is 6.31. The largest absolute Gasteiger partial charge is 0.350 e. The standard InChI is InChI=1S/C13H19ClN4O2/c1-8-10(18(19)20)11(16-12(14)15-8)17-6-5-9(7-17)13(2,3)4/h9H,5-7H2,1-4H3. The van der Waals surface area contributed by atoms with Crippen molar-refractivity contribution in [3.8, 4) is 0 Å². The molecule has 6 nitrogen and oxygen atoms in total. The van der Waals surface area contributed by atoms with E-state index in [2.05, 4.69) is 30.7 Å². The second-order valence-corrected chi connectivity index (χ2v) is 6.64. The molecular weight excluding hydrogens is 280 g/mol. The first-order valence-corrected chi connectivity index (χ1v) is 7.01. The molecule has 2 heterocycles. The Morgan fingerprint density at radius 1 is 1.40 bits per heavy atom. The number of nitro groups is 1. The van der Waals surface area contributed by atoms with Crippen LogP contribution in [0.4, 0.5) is 11.5 Å². The van der Waals surface area contributed by atoms with Crippen LogP contribution in [0.25, 0.3) is 0 Å². The highest BCUT2D eigenvalue weighted by Gasteiger charge is 2.36. The molecule has 1 aromatic rings. The van der Waals surface area contributed by atoms with E-state index >= 15 is 0 Å². The molecule has 1 aromatic heterocycles. The van der Waals surface area contributed by atoms with Gasteiger partial charge in [0.05, 0.1) is 4.92 Å². The van der Waals surface area contributed by atoms with E-state index in [0.717, 1.165) is 19.5 Å². The van der Waals surface area contributed by atoms with E-state index in [0.29, 0.717) is 17.4 Å². The number of halogens is 1. The predicted molar refractivity (Wildman–Crippen MR) is 78.2 cm³/mol. The Bertz CT molecular complexity index is 542. The molecule has 0 spiro atoms. The highest BCUT2D eigenvalue weighted by Crippen LogP contribution is 2.38. The zero-order valence-corrected chi connectivity index (χ0v) is 12.9. The molecule has 1 unspecified atom stereocenters. The topological polar surface area (TPSA) is 72.2 Å². The summed E-state index contributed by atoms with van der Waals surface area (Å²) < 4.78 is 0. The van der Waals surface area contributed by atoms with Gasteiger partial charge in [-0.2, -0.15) is 4.98 Å². The summed E-state index contributed by atoms with van der Waals surface area (Å²) in [7, 11) is 0. The van der Waals surface area contributed by atoms with E-state index in [1.807, 2.05) is 4.90 Å². The first-order valence-electron chi connectivity index (χ1n) is 6.63. The molecule has 0 amide bonds. The Morgan fingerprint density at radius 3 is 2.55 bits per heavy atom. The number of nitrogens with zero attached hydrogens (tertiary/aromatic N) is 4. The number of aryl methyl sites for hydroxylation is 1. The molecule has 110 valence electrons. The Kier molecular flexibility index (Phi) is 3.86. The minimum atomic E-state index is -0.425. The first kappa shape index (κ1) is 15.0. The number of anilines is 1. The Balaban J connectivity index is 2.37. The quantitative estimate of drug-likeness (QED) is 0.476. The van der Waals surface area contributed by atoms with Gasteiger partial charge in [-0.3, -0.25) is 10.1 Å². The molecule has 1 aliphatic heterocycles. The van der Waals surface area contributed by atoms with Gasteiger partial charge in [0.1, 0.15) is 5.69 Å². The van der Waals surface area contributed by atoms with Crippen LogP contribution in [0.2, 0.25) is 5.28 Å². The molecule has 20 heavy (non-hydrogen) atoms. The molecular formula is C13H19ClN4O2. The highest BCUT2D eigenvalue weighted by atomic mass is 35.5. The lowest BCUT2D eigenvalue weighted by atomic mass is 9.80. The molecule has 0 bridgehead atoms. The molecule has 0 aliphatic carbocycles. The van der Waals surface area contributed by atoms with Crippen LogP contribution in [0.5, 0.6) is 0 Å². The molecule has 0 radical (unpaired) electrons. The fraction of sp³-hybridized carbons (Fsp3) is 0.692. The number of rotatable bonds is 2. The van der Waals surface area contributed by atoms with Crippen molar-refractivity contribution >= 4 is 23.1 Å². The van der Waals surface area contributed by atoms with Crippen molar-refractivity contribution in [1.29, 1.82) is 0 Å². The van der Waals surface area contributed by atoms with Gasteiger partial charge in [-0.1, -0.05) is 20.8 Å². The van der Waals surface area contributed by atoms with Gasteiger partial charge in [-0.05, 0) is 36.3 Å². The van der Waals surface area contributed by atoms with Crippen molar-refractivity contribution in [1.82, 2.24) is 9.97 Å². The van der Waals surface area contributed by atoms with Crippen molar-refractivity contribution in [3.63, 3.8) is 0 Å². The van der Waals surface area contributed by atoms with Gasteiger partial charge in [0, 0.05) is 13.1 Å². The van der Waals surface area contributed by atoms with E-state index < -0.39 is 4.92 Å². The SMILES string of the molecule is Cc1nc(Cl)nc(N2CCC(C(C)(C)C)C2)c1[N+](=O)[O-]. The molecule has 0 aromatic carbocycles. The third-order valence-corrected chi connectivity index (χ3v) is 4.08. The van der Waals surface area contributed by atoms with Gasteiger partial charge < -0.3 is 4.90 Å². The maximum atomic E-state index is 11.2. The summed E-state index contributed by atoms with van der Waals surface area (Å²) in [5.74, 6) is 0.829. The average Bonchev–Trinajstić information content (AvgIpc) is 2.75. The van der Waals surface area contributed by atoms with Crippen LogP contribution in [0.15, 0.2) is 0 Å². The van der Waals surface area contributed by atoms with Crippen molar-refractivity contribution in [2.75, 3.05) is 18.0 Å². The minimum absolute atomic E-state index is 0.0380. The zero-order chi connectivity index (χ0) is 15.1. The van der Waals surface area contributed by atoms with Crippen LogP contribution in [0.1, 0.15) is 32.9 Å². The lowest BCUT2D eigenvalue weighted by Gasteiger charge is -2.27. The minimum Gasteiger partial charge on any atom is -0.350 e. The Hall–Kier alpha value is -1.43. The molecule has 0 N–H and O–H groups in total. The smallest absolute Gasteiger partial charge is 0.332 e. The van der Waals surface area contributed by atoms with Gasteiger partial charge in [0.25, 0.3) is 0 Å². The molecule has 7 heteroatoms. The van der Waals surface area contributed by atoms with Gasteiger partial charge in [-0.25, -0.2) is 4.98 Å². The van der Waals surface area contributed by atoms with Gasteiger partial charge >= 0.3 is 5.69 Å². The van der Waals surface area contributed by atoms with Crippen molar-refractivity contribution in [2.24, 2.45) is 11.3 Å². The lowest BCUT2D eigenvalue weighted by Crippen LogP contribution is -2.27. The maximum Gasteiger partial charge on any atom is 0.332 e. The number of aromatic nitrogens is 2. The van der Waals surface area contributed by atoms with Crippen LogP contribution in [0.3, 0.4) is 0 Å². The highest BCUT2D eigenvalue weighted by molar-refractivity contribution is 6.28. The second kappa shape index (κ2) is 5.16. The lowest BCUT2D eigenvalue weighted by molar-refractivity contribution is -0.385. The first-order chi connectivity index (χ1) is 9.20. The van der Waals surface area contributed by atoms with E-state index in [4.69, 9.17) is 11.6 Å². The third kappa shape index (κ3) is 2.85. The third-order valence-electron chi connectivity index (χ3n) is 3.91. The van der Waals surface area contributed by atoms with Crippen LogP contribution >= 0.6 is 11.6 Å². The van der Waals surface area contributed by atoms with Gasteiger partial charge in [0.15, 0.2) is 0 Å². The van der Waals surface area contributed by atoms with E-state index in [1.54, 1.807) is 6.92 Å². The van der Waals surface area contributed by atoms with Gasteiger partial charge in [0.2, 0.25) is 11.1 Å². The molecule has 1 fully saturated rings. The molecule has 2 rings (SSSR count). The van der Waals surface area contributed by atoms with E-state index in [-0.39, 0.29) is 16.4 Å². The maximum absolute atomic E-state index is 11.2. The van der Waals surface area contributed by atoms with Crippen molar-refractivity contribution < 1.29 is 4.92 Å². The fourth-order valence-electron chi connectivity index (χ4n) is 2.61. The van der Waals surface area contributed by atoms with Crippen LogP contribution in [0, 0.1) is 28.4 Å². The monoisotopic (exact) mass is 298 g/mol. The van der Waals surface area contributed by atoms with Crippen LogP contribution in [-0.2, 0) is 0 Å². The molecule has 1 aliphatic rings. The Labute approximate surface area is 123 Å². The normalized spacial score (nSPS) is 19.4. The fourth-order valence-corrected chi connectivity index (χ4v) is 2.82. The summed E-state index contributed by atoms with van der Waals surface area (Å²) in [4.78, 5) is 20.7. The summed E-state index contributed by atoms with van der Waals surface area (Å²) in [6, 6.07) is 0. The predicted octanol–water partition coefficient (Wildman–Crippen LogP) is 3.22. The number of hydrogen-bond acceptors (Lipinski definition) is 5. The summed E-state index contributed by atoms with van der Waals surface area (Å²) in [5.41, 5.74) is 0.447. The van der Waals surface area contributed by atoms with Gasteiger partial charge in [-0.15, -0.1) is 0 Å². The van der Waals surface area contributed by atoms with Crippen LogP contribution in [-0.4, -0.2) is 28.0 Å². The van der Waals surface area contributed by atoms with E-state index in [9.17, 15) is 10.1 Å². The summed E-state index contributed by atoms with van der Waals surface area (Å²) in [6.07, 6.45) is 1.00. The molecule has 1 atom stereocenters. The van der Waals surface area contributed by atoms with Crippen molar-refractivity contribution in [3.05, 3.63) is 21.1 Å². The Morgan fingerprint density at radius 2 is 2.05 bits per heavy atom. The van der Waals surface area contributed by atoms with Crippen LogP contribution < -0.4 is 4.90 Å². The summed E-state index contributed by atoms with van der Waals surface area (Å²) >= 11 is 5.86.